The maximum atomic E-state index is 12.5. The molecule has 0 aliphatic carbocycles. The second-order valence-electron chi connectivity index (χ2n) is 5.23. The lowest BCUT2D eigenvalue weighted by Gasteiger charge is -2.25. The molecular weight excluding hydrogens is 288 g/mol. The van der Waals surface area contributed by atoms with E-state index >= 15 is 0 Å². The molecule has 0 saturated carbocycles. The van der Waals surface area contributed by atoms with E-state index in [0.29, 0.717) is 5.56 Å². The van der Waals surface area contributed by atoms with Crippen LogP contribution in [0, 0.1) is 5.92 Å². The number of carbonyl (C=O) groups excluding carboxylic acids is 1. The van der Waals surface area contributed by atoms with Gasteiger partial charge in [-0.2, -0.15) is 0 Å². The molecule has 2 aromatic rings. The third kappa shape index (κ3) is 2.39. The Kier molecular flexibility index (Phi) is 3.29. The van der Waals surface area contributed by atoms with E-state index in [4.69, 9.17) is 4.74 Å². The Labute approximate surface area is 125 Å². The molecule has 0 spiro atoms. The van der Waals surface area contributed by atoms with Crippen LogP contribution in [0.2, 0.25) is 0 Å². The number of carbonyl (C=O) groups is 1. The average molecular weight is 302 g/mol. The van der Waals surface area contributed by atoms with Crippen LogP contribution >= 0.6 is 0 Å². The van der Waals surface area contributed by atoms with E-state index in [1.165, 1.54) is 24.3 Å². The first-order valence-corrected chi connectivity index (χ1v) is 6.69. The van der Waals surface area contributed by atoms with Gasteiger partial charge in [-0.15, -0.1) is 0 Å². The van der Waals surface area contributed by atoms with Crippen molar-refractivity contribution in [2.45, 2.75) is 6.42 Å². The number of phenols is 4. The van der Waals surface area contributed by atoms with Crippen molar-refractivity contribution in [1.29, 1.82) is 0 Å². The molecule has 0 aromatic heterocycles. The van der Waals surface area contributed by atoms with Crippen molar-refractivity contribution in [2.75, 3.05) is 6.61 Å². The molecule has 1 aliphatic rings. The van der Waals surface area contributed by atoms with Crippen LogP contribution in [0.4, 0.5) is 0 Å². The lowest BCUT2D eigenvalue weighted by atomic mass is 9.89. The van der Waals surface area contributed by atoms with Gasteiger partial charge >= 0.3 is 0 Å². The van der Waals surface area contributed by atoms with Crippen molar-refractivity contribution >= 4 is 5.78 Å². The molecule has 114 valence electrons. The van der Waals surface area contributed by atoms with Gasteiger partial charge < -0.3 is 25.2 Å². The molecule has 1 unspecified atom stereocenters. The highest BCUT2D eigenvalue weighted by molar-refractivity contribution is 6.04. The van der Waals surface area contributed by atoms with E-state index in [-0.39, 0.29) is 53.1 Å². The number of hydrogen-bond donors (Lipinski definition) is 4. The van der Waals surface area contributed by atoms with Gasteiger partial charge in [-0.05, 0) is 18.1 Å². The summed E-state index contributed by atoms with van der Waals surface area (Å²) in [6, 6.07) is 6.52. The van der Waals surface area contributed by atoms with Crippen molar-refractivity contribution in [3.63, 3.8) is 0 Å². The number of aromatic hydroxyl groups is 4. The molecule has 3 rings (SSSR count). The summed E-state index contributed by atoms with van der Waals surface area (Å²) in [7, 11) is 0. The van der Waals surface area contributed by atoms with Gasteiger partial charge in [0, 0.05) is 18.2 Å². The van der Waals surface area contributed by atoms with Gasteiger partial charge in [-0.3, -0.25) is 4.79 Å². The lowest BCUT2D eigenvalue weighted by Crippen LogP contribution is -2.29. The smallest absolute Gasteiger partial charge is 0.177 e. The van der Waals surface area contributed by atoms with Gasteiger partial charge in [0.1, 0.15) is 34.3 Å². The number of ether oxygens (including phenoxy) is 1. The number of rotatable bonds is 2. The average Bonchev–Trinajstić information content (AvgIpc) is 2.43. The zero-order chi connectivity index (χ0) is 15.9. The van der Waals surface area contributed by atoms with E-state index in [0.717, 1.165) is 6.07 Å². The predicted molar refractivity (Wildman–Crippen MR) is 76.6 cm³/mol. The largest absolute Gasteiger partial charge is 0.508 e. The summed E-state index contributed by atoms with van der Waals surface area (Å²) in [5.74, 6) is -1.42. The first-order chi connectivity index (χ1) is 10.5. The molecule has 22 heavy (non-hydrogen) atoms. The first kappa shape index (κ1) is 14.1. The van der Waals surface area contributed by atoms with Gasteiger partial charge in [0.15, 0.2) is 5.78 Å². The summed E-state index contributed by atoms with van der Waals surface area (Å²) in [4.78, 5) is 12.5. The van der Waals surface area contributed by atoms with Crippen LogP contribution in [0.5, 0.6) is 28.7 Å². The summed E-state index contributed by atoms with van der Waals surface area (Å²) in [6.45, 7) is 0.0784. The molecule has 1 aliphatic heterocycles. The molecule has 6 nitrogen and oxygen atoms in total. The summed E-state index contributed by atoms with van der Waals surface area (Å²) in [6.07, 6.45) is 0.213. The molecule has 6 heteroatoms. The first-order valence-electron chi connectivity index (χ1n) is 6.69. The topological polar surface area (TPSA) is 107 Å². The van der Waals surface area contributed by atoms with E-state index in [1.54, 1.807) is 0 Å². The minimum absolute atomic E-state index is 0.0346. The van der Waals surface area contributed by atoms with Crippen LogP contribution in [0.1, 0.15) is 15.9 Å². The molecule has 2 aromatic carbocycles. The normalized spacial score (nSPS) is 16.9. The number of hydrogen-bond acceptors (Lipinski definition) is 6. The summed E-state index contributed by atoms with van der Waals surface area (Å²) in [5.41, 5.74) is 0.536. The number of fused-ring (bicyclic) bond motifs is 1. The van der Waals surface area contributed by atoms with Crippen LogP contribution in [-0.4, -0.2) is 32.8 Å². The van der Waals surface area contributed by atoms with Gasteiger partial charge in [0.2, 0.25) is 0 Å². The highest BCUT2D eigenvalue weighted by atomic mass is 16.5. The van der Waals surface area contributed by atoms with Crippen LogP contribution < -0.4 is 4.74 Å². The Morgan fingerprint density at radius 1 is 1.00 bits per heavy atom. The summed E-state index contributed by atoms with van der Waals surface area (Å²) >= 11 is 0. The van der Waals surface area contributed by atoms with Gasteiger partial charge in [0.05, 0.1) is 12.5 Å². The van der Waals surface area contributed by atoms with E-state index < -0.39 is 5.92 Å². The van der Waals surface area contributed by atoms with Crippen molar-refractivity contribution in [3.05, 3.63) is 41.5 Å². The minimum Gasteiger partial charge on any atom is -0.508 e. The fourth-order valence-electron chi connectivity index (χ4n) is 2.56. The second-order valence-corrected chi connectivity index (χ2v) is 5.23. The maximum Gasteiger partial charge on any atom is 0.177 e. The fourth-order valence-corrected chi connectivity index (χ4v) is 2.56. The highest BCUT2D eigenvalue weighted by Crippen LogP contribution is 2.38. The van der Waals surface area contributed by atoms with E-state index in [1.807, 2.05) is 0 Å². The third-order valence-electron chi connectivity index (χ3n) is 3.66. The molecule has 1 heterocycles. The van der Waals surface area contributed by atoms with Crippen molar-refractivity contribution in [1.82, 2.24) is 0 Å². The molecule has 4 N–H and O–H groups in total. The Hall–Kier alpha value is -2.89. The number of Topliss-reactive ketones (excluding diaryl/α,β-unsaturated/α-hetero) is 1. The Morgan fingerprint density at radius 3 is 2.45 bits per heavy atom. The molecule has 0 amide bonds. The van der Waals surface area contributed by atoms with Crippen LogP contribution in [-0.2, 0) is 6.42 Å². The van der Waals surface area contributed by atoms with E-state index in [2.05, 4.69) is 0 Å². The summed E-state index contributed by atoms with van der Waals surface area (Å²) < 4.78 is 5.43. The Balaban J connectivity index is 1.90. The highest BCUT2D eigenvalue weighted by Gasteiger charge is 2.32. The van der Waals surface area contributed by atoms with Gasteiger partial charge in [-0.1, -0.05) is 6.07 Å². The predicted octanol–water partition coefficient (Wildman–Crippen LogP) is 1.94. The SMILES string of the molecule is O=C1c2c(O)cc(O)cc2OCC1Cc1ccc(O)cc1O. The molecule has 1 atom stereocenters. The molecule has 0 bridgehead atoms. The molecule has 0 radical (unpaired) electrons. The molecular formula is C16H14O6. The van der Waals surface area contributed by atoms with Crippen molar-refractivity contribution in [3.8, 4) is 28.7 Å². The fraction of sp³-hybridized carbons (Fsp3) is 0.188. The zero-order valence-corrected chi connectivity index (χ0v) is 11.5. The molecule has 0 fully saturated rings. The van der Waals surface area contributed by atoms with Crippen LogP contribution in [0.25, 0.3) is 0 Å². The number of benzene rings is 2. The quantitative estimate of drug-likeness (QED) is 0.675. The third-order valence-corrected chi connectivity index (χ3v) is 3.66. The van der Waals surface area contributed by atoms with Crippen molar-refractivity contribution in [2.24, 2.45) is 5.92 Å². The monoisotopic (exact) mass is 302 g/mol. The van der Waals surface area contributed by atoms with Crippen LogP contribution in [0.3, 0.4) is 0 Å². The van der Waals surface area contributed by atoms with E-state index in [9.17, 15) is 25.2 Å². The number of ketones is 1. The van der Waals surface area contributed by atoms with Crippen molar-refractivity contribution < 1.29 is 30.0 Å². The van der Waals surface area contributed by atoms with Gasteiger partial charge in [0.25, 0.3) is 0 Å². The minimum atomic E-state index is -0.571. The summed E-state index contributed by atoms with van der Waals surface area (Å²) in [5, 5.41) is 38.3. The van der Waals surface area contributed by atoms with Gasteiger partial charge in [-0.25, -0.2) is 0 Å². The second kappa shape index (κ2) is 5.14. The zero-order valence-electron chi connectivity index (χ0n) is 11.5. The Morgan fingerprint density at radius 2 is 1.73 bits per heavy atom. The standard InChI is InChI=1S/C16H14O6/c17-10-2-1-8(12(19)4-10)3-9-7-22-14-6-11(18)5-13(20)15(14)16(9)21/h1-2,4-6,9,17-20H,3,7H2. The number of phenolic OH excluding ortho intramolecular Hbond substituents is 4. The maximum absolute atomic E-state index is 12.5. The Bertz CT molecular complexity index is 753. The molecule has 0 saturated heterocycles. The lowest BCUT2D eigenvalue weighted by molar-refractivity contribution is 0.0825. The van der Waals surface area contributed by atoms with Crippen LogP contribution in [0.15, 0.2) is 30.3 Å².